The molecule has 9 heteroatoms. The van der Waals surface area contributed by atoms with Gasteiger partial charge in [0, 0.05) is 25.4 Å². The zero-order chi connectivity index (χ0) is 17.4. The third kappa shape index (κ3) is 9.55. The molecule has 0 spiro atoms. The first-order chi connectivity index (χ1) is 11.5. The number of alkyl halides is 3. The summed E-state index contributed by atoms with van der Waals surface area (Å²) in [6, 6.07) is 0. The Bertz CT molecular complexity index is 395. The lowest BCUT2D eigenvalue weighted by atomic mass is 9.93. The van der Waals surface area contributed by atoms with Gasteiger partial charge in [0.1, 0.15) is 0 Å². The highest BCUT2D eigenvalue weighted by molar-refractivity contribution is 14.0. The summed E-state index contributed by atoms with van der Waals surface area (Å²) in [7, 11) is 1.77. The summed E-state index contributed by atoms with van der Waals surface area (Å²) in [6.07, 6.45) is 1.18. The maximum absolute atomic E-state index is 12.4. The molecule has 2 rings (SSSR count). The number of rotatable bonds is 6. The summed E-state index contributed by atoms with van der Waals surface area (Å²) >= 11 is 2.02. The SMILES string of the molecule is CN=C(NCCC1CCN(CC(F)(F)F)CC1)NCC1CCCS1.I. The van der Waals surface area contributed by atoms with Crippen LogP contribution in [-0.4, -0.2) is 67.8 Å². The number of hydrogen-bond acceptors (Lipinski definition) is 3. The van der Waals surface area contributed by atoms with Crippen LogP contribution in [-0.2, 0) is 0 Å². The predicted molar refractivity (Wildman–Crippen MR) is 110 cm³/mol. The van der Waals surface area contributed by atoms with E-state index in [0.29, 0.717) is 24.3 Å². The topological polar surface area (TPSA) is 39.7 Å². The van der Waals surface area contributed by atoms with Crippen molar-refractivity contribution in [3.8, 4) is 0 Å². The lowest BCUT2D eigenvalue weighted by Gasteiger charge is -2.32. The van der Waals surface area contributed by atoms with Crippen molar-refractivity contribution in [3.63, 3.8) is 0 Å². The Morgan fingerprint density at radius 3 is 2.48 bits per heavy atom. The molecule has 2 heterocycles. The van der Waals surface area contributed by atoms with E-state index >= 15 is 0 Å². The molecule has 0 saturated carbocycles. The standard InChI is InChI=1S/C16H29F3N4S.HI/c1-20-15(22-11-14-3-2-10-24-14)21-7-4-13-5-8-23(9-6-13)12-16(17,18)19;/h13-14H,2-12H2,1H3,(H2,20,21,22);1H. The smallest absolute Gasteiger partial charge is 0.356 e. The summed E-state index contributed by atoms with van der Waals surface area (Å²) in [5, 5.41) is 7.37. The van der Waals surface area contributed by atoms with Crippen molar-refractivity contribution in [3.05, 3.63) is 0 Å². The Balaban J connectivity index is 0.00000312. The summed E-state index contributed by atoms with van der Waals surface area (Å²) in [5.41, 5.74) is 0. The first kappa shape index (κ1) is 23.1. The number of likely N-dealkylation sites (tertiary alicyclic amines) is 1. The van der Waals surface area contributed by atoms with E-state index < -0.39 is 12.7 Å². The fraction of sp³-hybridized carbons (Fsp3) is 0.938. The molecule has 0 amide bonds. The Labute approximate surface area is 170 Å². The van der Waals surface area contributed by atoms with Crippen LogP contribution in [0.2, 0.25) is 0 Å². The second kappa shape index (κ2) is 11.7. The van der Waals surface area contributed by atoms with Crippen LogP contribution in [0.5, 0.6) is 0 Å². The maximum Gasteiger partial charge on any atom is 0.401 e. The third-order valence-electron chi connectivity index (χ3n) is 4.70. The van der Waals surface area contributed by atoms with Gasteiger partial charge in [-0.25, -0.2) is 0 Å². The molecule has 2 saturated heterocycles. The predicted octanol–water partition coefficient (Wildman–Crippen LogP) is 3.33. The molecular weight excluding hydrogens is 464 g/mol. The fourth-order valence-corrected chi connectivity index (χ4v) is 4.52. The van der Waals surface area contributed by atoms with E-state index in [-0.39, 0.29) is 24.0 Å². The molecule has 0 aromatic heterocycles. The van der Waals surface area contributed by atoms with E-state index in [2.05, 4.69) is 15.6 Å². The lowest BCUT2D eigenvalue weighted by molar-refractivity contribution is -0.148. The summed E-state index contributed by atoms with van der Waals surface area (Å²) < 4.78 is 37.1. The Morgan fingerprint density at radius 2 is 1.92 bits per heavy atom. The lowest BCUT2D eigenvalue weighted by Crippen LogP contribution is -2.42. The number of guanidine groups is 1. The van der Waals surface area contributed by atoms with Crippen LogP contribution in [0.15, 0.2) is 4.99 Å². The number of halogens is 4. The van der Waals surface area contributed by atoms with Crippen LogP contribution in [0.25, 0.3) is 0 Å². The van der Waals surface area contributed by atoms with Gasteiger partial charge in [-0.2, -0.15) is 24.9 Å². The van der Waals surface area contributed by atoms with E-state index in [1.165, 1.54) is 23.5 Å². The van der Waals surface area contributed by atoms with Crippen LogP contribution in [0, 0.1) is 5.92 Å². The van der Waals surface area contributed by atoms with Crippen molar-refractivity contribution in [2.75, 3.05) is 45.5 Å². The zero-order valence-corrected chi connectivity index (χ0v) is 17.9. The quantitative estimate of drug-likeness (QED) is 0.338. The van der Waals surface area contributed by atoms with Crippen LogP contribution in [0.4, 0.5) is 13.2 Å². The van der Waals surface area contributed by atoms with Crippen LogP contribution in [0.3, 0.4) is 0 Å². The van der Waals surface area contributed by atoms with Gasteiger partial charge in [0.05, 0.1) is 6.54 Å². The van der Waals surface area contributed by atoms with E-state index in [9.17, 15) is 13.2 Å². The van der Waals surface area contributed by atoms with Gasteiger partial charge in [-0.05, 0) is 56.9 Å². The van der Waals surface area contributed by atoms with Crippen LogP contribution < -0.4 is 10.6 Å². The molecule has 0 radical (unpaired) electrons. The number of hydrogen-bond donors (Lipinski definition) is 2. The molecule has 148 valence electrons. The molecule has 0 bridgehead atoms. The second-order valence-electron chi connectivity index (χ2n) is 6.64. The molecule has 0 aliphatic carbocycles. The minimum absolute atomic E-state index is 0. The van der Waals surface area contributed by atoms with Gasteiger partial charge < -0.3 is 10.6 Å². The molecular formula is C16H30F3IN4S. The van der Waals surface area contributed by atoms with Gasteiger partial charge >= 0.3 is 6.18 Å². The molecule has 2 fully saturated rings. The largest absolute Gasteiger partial charge is 0.401 e. The van der Waals surface area contributed by atoms with E-state index in [0.717, 1.165) is 38.3 Å². The van der Waals surface area contributed by atoms with Crippen LogP contribution >= 0.6 is 35.7 Å². The van der Waals surface area contributed by atoms with Crippen LogP contribution in [0.1, 0.15) is 32.1 Å². The Morgan fingerprint density at radius 1 is 1.20 bits per heavy atom. The highest BCUT2D eigenvalue weighted by Gasteiger charge is 2.32. The number of piperidine rings is 1. The molecule has 2 aliphatic rings. The summed E-state index contributed by atoms with van der Waals surface area (Å²) in [4.78, 5) is 5.75. The highest BCUT2D eigenvalue weighted by Crippen LogP contribution is 2.25. The van der Waals surface area contributed by atoms with Gasteiger partial charge in [0.25, 0.3) is 0 Å². The van der Waals surface area contributed by atoms with E-state index in [1.807, 2.05) is 11.8 Å². The summed E-state index contributed by atoms with van der Waals surface area (Å²) in [6.45, 7) is 2.10. The normalized spacial score (nSPS) is 23.4. The fourth-order valence-electron chi connectivity index (χ4n) is 3.32. The molecule has 25 heavy (non-hydrogen) atoms. The highest BCUT2D eigenvalue weighted by atomic mass is 127. The Hall–Kier alpha value is 0.1000. The first-order valence-corrected chi connectivity index (χ1v) is 9.86. The monoisotopic (exact) mass is 494 g/mol. The van der Waals surface area contributed by atoms with Crippen molar-refractivity contribution in [1.82, 2.24) is 15.5 Å². The molecule has 1 atom stereocenters. The van der Waals surface area contributed by atoms with Crippen molar-refractivity contribution in [2.24, 2.45) is 10.9 Å². The number of nitrogens with zero attached hydrogens (tertiary/aromatic N) is 2. The van der Waals surface area contributed by atoms with Crippen molar-refractivity contribution in [2.45, 2.75) is 43.5 Å². The van der Waals surface area contributed by atoms with Gasteiger partial charge in [0.2, 0.25) is 0 Å². The summed E-state index contributed by atoms with van der Waals surface area (Å²) in [5.74, 6) is 2.59. The minimum Gasteiger partial charge on any atom is -0.356 e. The molecule has 0 aromatic rings. The van der Waals surface area contributed by atoms with Gasteiger partial charge in [-0.15, -0.1) is 24.0 Å². The molecule has 2 aliphatic heterocycles. The van der Waals surface area contributed by atoms with Crippen molar-refractivity contribution in [1.29, 1.82) is 0 Å². The first-order valence-electron chi connectivity index (χ1n) is 8.81. The van der Waals surface area contributed by atoms with Gasteiger partial charge in [-0.1, -0.05) is 0 Å². The zero-order valence-electron chi connectivity index (χ0n) is 14.8. The molecule has 1 unspecified atom stereocenters. The number of aliphatic imine (C=N–C) groups is 1. The van der Waals surface area contributed by atoms with E-state index in [1.54, 1.807) is 7.05 Å². The average molecular weight is 494 g/mol. The maximum atomic E-state index is 12.4. The molecule has 0 aromatic carbocycles. The van der Waals surface area contributed by atoms with Gasteiger partial charge in [0.15, 0.2) is 5.96 Å². The third-order valence-corrected chi connectivity index (χ3v) is 6.10. The number of nitrogens with one attached hydrogen (secondary N) is 2. The van der Waals surface area contributed by atoms with Crippen molar-refractivity contribution >= 4 is 41.7 Å². The number of thioether (sulfide) groups is 1. The molecule has 4 nitrogen and oxygen atoms in total. The second-order valence-corrected chi connectivity index (χ2v) is 8.05. The Kier molecular flexibility index (Phi) is 10.9. The van der Waals surface area contributed by atoms with Gasteiger partial charge in [-0.3, -0.25) is 9.89 Å². The average Bonchev–Trinajstić information content (AvgIpc) is 3.04. The van der Waals surface area contributed by atoms with E-state index in [4.69, 9.17) is 0 Å². The minimum atomic E-state index is -4.08. The van der Waals surface area contributed by atoms with Crippen molar-refractivity contribution < 1.29 is 13.2 Å². The molecule has 2 N–H and O–H groups in total.